The molecule has 0 amide bonds. The molecule has 0 aliphatic rings. The third-order valence-electron chi connectivity index (χ3n) is 7.84. The SMILES string of the molecule is C=C(C)C(OC)OC(COc1ccccc1)COc1c(Pc2ccccc2-c2ccccc2O)cc(OOc2ccccc2)c2ccccc12. The van der Waals surface area contributed by atoms with Crippen LogP contribution in [0.25, 0.3) is 21.9 Å². The Morgan fingerprint density at radius 2 is 1.26 bits per heavy atom. The van der Waals surface area contributed by atoms with E-state index in [0.717, 1.165) is 43.8 Å². The van der Waals surface area contributed by atoms with E-state index in [1.807, 2.05) is 134 Å². The monoisotopic (exact) mass is 686 g/mol. The van der Waals surface area contributed by atoms with Gasteiger partial charge in [0, 0.05) is 28.8 Å². The summed E-state index contributed by atoms with van der Waals surface area (Å²) in [6, 6.07) is 44.2. The Bertz CT molecular complexity index is 2020. The van der Waals surface area contributed by atoms with Crippen LogP contribution >= 0.6 is 8.58 Å². The fourth-order valence-electron chi connectivity index (χ4n) is 5.43. The van der Waals surface area contributed by atoms with Crippen molar-refractivity contribution in [2.45, 2.75) is 19.3 Å². The lowest BCUT2D eigenvalue weighted by molar-refractivity contribution is -0.148. The van der Waals surface area contributed by atoms with Crippen molar-refractivity contribution in [2.24, 2.45) is 0 Å². The number of benzene rings is 6. The highest BCUT2D eigenvalue weighted by atomic mass is 31.1. The number of aromatic hydroxyl groups is 1. The lowest BCUT2D eigenvalue weighted by Gasteiger charge is -2.25. The first-order valence-electron chi connectivity index (χ1n) is 16.2. The Labute approximate surface area is 294 Å². The van der Waals surface area contributed by atoms with Gasteiger partial charge in [-0.1, -0.05) is 118 Å². The number of methoxy groups -OCH3 is 1. The second-order valence-corrected chi connectivity index (χ2v) is 12.9. The average Bonchev–Trinajstić information content (AvgIpc) is 3.15. The Balaban J connectivity index is 1.39. The molecule has 0 saturated carbocycles. The topological polar surface area (TPSA) is 75.6 Å². The Morgan fingerprint density at radius 3 is 1.96 bits per heavy atom. The number of phenols is 1. The number of ether oxygens (including phenoxy) is 4. The molecule has 0 spiro atoms. The van der Waals surface area contributed by atoms with Crippen LogP contribution in [0.4, 0.5) is 0 Å². The normalized spacial score (nSPS) is 12.4. The van der Waals surface area contributed by atoms with Crippen molar-refractivity contribution < 1.29 is 33.8 Å². The van der Waals surface area contributed by atoms with E-state index in [0.29, 0.717) is 17.2 Å². The molecule has 0 aromatic heterocycles. The van der Waals surface area contributed by atoms with Crippen LogP contribution in [0.2, 0.25) is 0 Å². The zero-order valence-corrected chi connectivity index (χ0v) is 29.0. The molecule has 0 bridgehead atoms. The number of hydrogen-bond acceptors (Lipinski definition) is 7. The summed E-state index contributed by atoms with van der Waals surface area (Å²) in [7, 11) is 1.70. The summed E-state index contributed by atoms with van der Waals surface area (Å²) in [5.41, 5.74) is 2.40. The zero-order chi connectivity index (χ0) is 34.7. The number of phenolic OH excluding ortho intramolecular Hbond substituents is 1. The van der Waals surface area contributed by atoms with Crippen molar-refractivity contribution >= 4 is 30.0 Å². The zero-order valence-electron chi connectivity index (χ0n) is 28.0. The van der Waals surface area contributed by atoms with Gasteiger partial charge in [0.1, 0.15) is 36.6 Å². The van der Waals surface area contributed by atoms with Gasteiger partial charge in [-0.2, -0.15) is 0 Å². The van der Waals surface area contributed by atoms with E-state index in [1.54, 1.807) is 13.2 Å². The van der Waals surface area contributed by atoms with Crippen molar-refractivity contribution in [3.63, 3.8) is 0 Å². The van der Waals surface area contributed by atoms with Crippen LogP contribution in [0.1, 0.15) is 6.92 Å². The maximum absolute atomic E-state index is 10.8. The third kappa shape index (κ3) is 8.63. The van der Waals surface area contributed by atoms with Gasteiger partial charge in [-0.25, -0.2) is 0 Å². The minimum absolute atomic E-state index is 0.118. The summed E-state index contributed by atoms with van der Waals surface area (Å²) >= 11 is 0. The molecule has 50 heavy (non-hydrogen) atoms. The van der Waals surface area contributed by atoms with Gasteiger partial charge in [-0.3, -0.25) is 9.78 Å². The van der Waals surface area contributed by atoms with Crippen molar-refractivity contribution in [3.05, 3.63) is 152 Å². The van der Waals surface area contributed by atoms with Crippen LogP contribution in [0.5, 0.6) is 28.7 Å². The molecule has 6 aromatic rings. The standard InChI is InChI=1S/C42H39O7P/c1-29(2)42(44-3)47-32(27-45-30-16-6-4-7-17-30)28-46-41-36-23-11-10-21-34(36)38(49-48-31-18-8-5-9-19-31)26-40(41)50-39-25-15-13-22-35(39)33-20-12-14-24-37(33)43/h4-26,32,42-43,50H,1,27-28H2,2-3H3. The molecule has 8 heteroatoms. The van der Waals surface area contributed by atoms with Crippen LogP contribution in [-0.4, -0.2) is 37.8 Å². The number of rotatable bonds is 16. The molecule has 254 valence electrons. The van der Waals surface area contributed by atoms with Gasteiger partial charge in [-0.05, 0) is 59.8 Å². The first-order valence-corrected chi connectivity index (χ1v) is 17.2. The summed E-state index contributed by atoms with van der Waals surface area (Å²) in [5.74, 6) is 2.73. The highest BCUT2D eigenvalue weighted by Crippen LogP contribution is 2.38. The lowest BCUT2D eigenvalue weighted by Crippen LogP contribution is -2.34. The Hall–Kier alpha value is -5.33. The highest BCUT2D eigenvalue weighted by Gasteiger charge is 2.23. The second-order valence-electron chi connectivity index (χ2n) is 11.6. The van der Waals surface area contributed by atoms with E-state index < -0.39 is 12.4 Å². The summed E-state index contributed by atoms with van der Waals surface area (Å²) in [4.78, 5) is 11.8. The van der Waals surface area contributed by atoms with E-state index in [1.165, 1.54) is 0 Å². The molecule has 0 aliphatic heterocycles. The predicted molar refractivity (Wildman–Crippen MR) is 201 cm³/mol. The minimum Gasteiger partial charge on any atom is -0.507 e. The average molecular weight is 687 g/mol. The highest BCUT2D eigenvalue weighted by molar-refractivity contribution is 7.56. The second kappa shape index (κ2) is 16.9. The van der Waals surface area contributed by atoms with Gasteiger partial charge in [0.2, 0.25) is 0 Å². The molecular formula is C42H39O7P. The van der Waals surface area contributed by atoms with Gasteiger partial charge in [0.15, 0.2) is 17.8 Å². The van der Waals surface area contributed by atoms with Crippen LogP contribution in [-0.2, 0) is 9.47 Å². The largest absolute Gasteiger partial charge is 0.507 e. The molecule has 0 aliphatic carbocycles. The first-order chi connectivity index (χ1) is 24.5. The summed E-state index contributed by atoms with van der Waals surface area (Å²) in [6.07, 6.45) is -1.16. The van der Waals surface area contributed by atoms with Crippen LogP contribution in [0.15, 0.2) is 152 Å². The molecule has 1 N–H and O–H groups in total. The molecule has 0 fully saturated rings. The molecule has 0 heterocycles. The molecule has 0 radical (unpaired) electrons. The van der Waals surface area contributed by atoms with Gasteiger partial charge in [0.05, 0.1) is 0 Å². The van der Waals surface area contributed by atoms with E-state index in [9.17, 15) is 5.11 Å². The molecular weight excluding hydrogens is 647 g/mol. The number of hydrogen-bond donors (Lipinski definition) is 1. The summed E-state index contributed by atoms with van der Waals surface area (Å²) < 4.78 is 24.8. The van der Waals surface area contributed by atoms with E-state index >= 15 is 0 Å². The van der Waals surface area contributed by atoms with E-state index in [4.69, 9.17) is 28.7 Å². The fourth-order valence-corrected chi connectivity index (χ4v) is 6.78. The van der Waals surface area contributed by atoms with Crippen molar-refractivity contribution in [1.82, 2.24) is 0 Å². The Morgan fingerprint density at radius 1 is 0.660 bits per heavy atom. The van der Waals surface area contributed by atoms with Crippen LogP contribution < -0.4 is 29.9 Å². The molecule has 6 aromatic carbocycles. The van der Waals surface area contributed by atoms with Gasteiger partial charge < -0.3 is 24.1 Å². The molecule has 3 unspecified atom stereocenters. The van der Waals surface area contributed by atoms with Crippen LogP contribution in [0.3, 0.4) is 0 Å². The lowest BCUT2D eigenvalue weighted by atomic mass is 10.0. The van der Waals surface area contributed by atoms with Crippen molar-refractivity contribution in [1.29, 1.82) is 0 Å². The maximum atomic E-state index is 10.8. The smallest absolute Gasteiger partial charge is 0.187 e. The van der Waals surface area contributed by atoms with Crippen molar-refractivity contribution in [2.75, 3.05) is 20.3 Å². The molecule has 3 atom stereocenters. The van der Waals surface area contributed by atoms with Gasteiger partial charge >= 0.3 is 0 Å². The summed E-state index contributed by atoms with van der Waals surface area (Å²) in [5, 5.41) is 14.3. The van der Waals surface area contributed by atoms with Crippen molar-refractivity contribution in [3.8, 4) is 39.9 Å². The third-order valence-corrected chi connectivity index (χ3v) is 9.19. The minimum atomic E-state index is -0.641. The molecule has 6 rings (SSSR count). The Kier molecular flexibility index (Phi) is 11.6. The van der Waals surface area contributed by atoms with Gasteiger partial charge in [-0.15, -0.1) is 0 Å². The van der Waals surface area contributed by atoms with E-state index in [-0.39, 0.29) is 27.5 Å². The summed E-state index contributed by atoms with van der Waals surface area (Å²) in [6.45, 7) is 6.26. The van der Waals surface area contributed by atoms with E-state index in [2.05, 4.69) is 12.6 Å². The maximum Gasteiger partial charge on any atom is 0.187 e. The number of fused-ring (bicyclic) bond motifs is 1. The van der Waals surface area contributed by atoms with Crippen LogP contribution in [0, 0.1) is 0 Å². The fraction of sp³-hybridized carbons (Fsp3) is 0.143. The molecule has 7 nitrogen and oxygen atoms in total. The molecule has 0 saturated heterocycles. The first kappa shape index (κ1) is 34.5. The quantitative estimate of drug-likeness (QED) is 0.0359. The number of para-hydroxylation sites is 3. The van der Waals surface area contributed by atoms with Gasteiger partial charge in [0.25, 0.3) is 0 Å². The predicted octanol–water partition coefficient (Wildman–Crippen LogP) is 8.61.